The number of aromatic nitrogens is 1. The molecule has 4 aromatic rings. The van der Waals surface area contributed by atoms with Crippen molar-refractivity contribution in [2.75, 3.05) is 11.9 Å². The van der Waals surface area contributed by atoms with E-state index in [9.17, 15) is 9.90 Å². The van der Waals surface area contributed by atoms with E-state index < -0.39 is 5.91 Å². The van der Waals surface area contributed by atoms with Gasteiger partial charge in [-0.15, -0.1) is 10.2 Å². The van der Waals surface area contributed by atoms with Crippen molar-refractivity contribution in [3.05, 3.63) is 65.1 Å². The summed E-state index contributed by atoms with van der Waals surface area (Å²) in [6.07, 6.45) is 1.93. The van der Waals surface area contributed by atoms with E-state index in [2.05, 4.69) is 38.4 Å². The number of hydrogen-bond donors (Lipinski definition) is 2. The van der Waals surface area contributed by atoms with Gasteiger partial charge in [-0.2, -0.15) is 0 Å². The van der Waals surface area contributed by atoms with E-state index in [1.807, 2.05) is 65.2 Å². The summed E-state index contributed by atoms with van der Waals surface area (Å²) in [5.74, 6) is -0.391. The minimum Gasteiger partial charge on any atom is -0.493 e. The molecule has 0 unspecified atom stereocenters. The second-order valence-electron chi connectivity index (χ2n) is 7.35. The first kappa shape index (κ1) is 21.1. The minimum absolute atomic E-state index is 0.0147. The average molecular weight is 479 g/mol. The summed E-state index contributed by atoms with van der Waals surface area (Å²) in [7, 11) is 0. The van der Waals surface area contributed by atoms with Gasteiger partial charge in [0.05, 0.1) is 12.1 Å². The molecule has 0 aliphatic heterocycles. The predicted molar refractivity (Wildman–Crippen MR) is 128 cm³/mol. The van der Waals surface area contributed by atoms with Crippen molar-refractivity contribution in [3.63, 3.8) is 0 Å². The van der Waals surface area contributed by atoms with E-state index in [0.717, 1.165) is 44.7 Å². The molecule has 7 heteroatoms. The zero-order valence-corrected chi connectivity index (χ0v) is 18.8. The van der Waals surface area contributed by atoms with Crippen LogP contribution in [0.3, 0.4) is 0 Å². The van der Waals surface area contributed by atoms with Crippen molar-refractivity contribution in [1.29, 1.82) is 0 Å². The maximum atomic E-state index is 12.3. The van der Waals surface area contributed by atoms with Crippen LogP contribution in [0.15, 0.2) is 75.4 Å². The van der Waals surface area contributed by atoms with E-state index in [4.69, 9.17) is 0 Å². The largest absolute Gasteiger partial charge is 0.493 e. The Morgan fingerprint density at radius 3 is 2.71 bits per heavy atom. The number of aryl methyl sites for hydroxylation is 1. The molecule has 3 aromatic carbocycles. The molecule has 0 atom stereocenters. The second kappa shape index (κ2) is 9.31. The van der Waals surface area contributed by atoms with E-state index in [1.54, 1.807) is 0 Å². The first-order valence-corrected chi connectivity index (χ1v) is 11.0. The van der Waals surface area contributed by atoms with Crippen molar-refractivity contribution in [3.8, 4) is 5.88 Å². The van der Waals surface area contributed by atoms with Crippen LogP contribution in [0.4, 0.5) is 11.4 Å². The van der Waals surface area contributed by atoms with Gasteiger partial charge in [0.2, 0.25) is 5.88 Å². The Bertz CT molecular complexity index is 1280. The van der Waals surface area contributed by atoms with Gasteiger partial charge >= 0.3 is 0 Å². The number of nitrogens with zero attached hydrogens (tertiary/aromatic N) is 3. The number of fused-ring (bicyclic) bond motifs is 2. The van der Waals surface area contributed by atoms with E-state index in [-0.39, 0.29) is 12.4 Å². The van der Waals surface area contributed by atoms with Gasteiger partial charge in [-0.3, -0.25) is 4.79 Å². The zero-order chi connectivity index (χ0) is 21.8. The lowest BCUT2D eigenvalue weighted by Gasteiger charge is -2.05. The molecule has 0 spiro atoms. The molecular weight excluding hydrogens is 456 g/mol. The first-order chi connectivity index (χ1) is 15.1. The number of aromatic hydroxyl groups is 1. The van der Waals surface area contributed by atoms with Crippen molar-refractivity contribution >= 4 is 54.9 Å². The molecule has 2 N–H and O–H groups in total. The summed E-state index contributed by atoms with van der Waals surface area (Å²) in [5.41, 5.74) is 2.02. The Kier molecular flexibility index (Phi) is 6.32. The summed E-state index contributed by atoms with van der Waals surface area (Å²) in [4.78, 5) is 12.3. The lowest BCUT2D eigenvalue weighted by molar-refractivity contribution is -0.116. The smallest absolute Gasteiger partial charge is 0.283 e. The number of amides is 1. The molecule has 1 aromatic heterocycles. The Morgan fingerprint density at radius 1 is 1.10 bits per heavy atom. The highest BCUT2D eigenvalue weighted by Gasteiger charge is 2.17. The Balaban J connectivity index is 1.52. The van der Waals surface area contributed by atoms with Gasteiger partial charge in [0.1, 0.15) is 0 Å². The van der Waals surface area contributed by atoms with Crippen LogP contribution in [0.5, 0.6) is 5.88 Å². The van der Waals surface area contributed by atoms with Crippen molar-refractivity contribution in [2.45, 2.75) is 26.3 Å². The normalized spacial score (nSPS) is 11.5. The number of azo groups is 1. The van der Waals surface area contributed by atoms with Gasteiger partial charge in [-0.05, 0) is 47.5 Å². The average Bonchev–Trinajstić information content (AvgIpc) is 3.04. The van der Waals surface area contributed by atoms with E-state index in [1.165, 1.54) is 0 Å². The summed E-state index contributed by atoms with van der Waals surface area (Å²) in [5, 5.41) is 24.7. The van der Waals surface area contributed by atoms with Crippen LogP contribution in [0.25, 0.3) is 21.7 Å². The molecular formula is C24H23BrN4O2. The number of carbonyl (C=O) groups excluding carboxylic acids is 1. The SMILES string of the molecule is CCCCn1c(O)c(N=NC(=O)CNc2ccc3ccccc3c2)c2cc(Br)ccc21. The summed E-state index contributed by atoms with van der Waals surface area (Å²) >= 11 is 3.46. The Morgan fingerprint density at radius 2 is 1.90 bits per heavy atom. The maximum Gasteiger partial charge on any atom is 0.283 e. The molecule has 0 saturated heterocycles. The topological polar surface area (TPSA) is 79.0 Å². The Labute approximate surface area is 188 Å². The lowest BCUT2D eigenvalue weighted by Crippen LogP contribution is -2.10. The third kappa shape index (κ3) is 4.61. The lowest BCUT2D eigenvalue weighted by atomic mass is 10.1. The minimum atomic E-state index is -0.419. The molecule has 0 bridgehead atoms. The highest BCUT2D eigenvalue weighted by molar-refractivity contribution is 9.10. The third-order valence-corrected chi connectivity index (χ3v) is 5.66. The number of benzene rings is 3. The second-order valence-corrected chi connectivity index (χ2v) is 8.26. The fourth-order valence-corrected chi connectivity index (χ4v) is 3.92. The molecule has 0 fully saturated rings. The van der Waals surface area contributed by atoms with Gasteiger partial charge in [-0.1, -0.05) is 59.6 Å². The van der Waals surface area contributed by atoms with E-state index in [0.29, 0.717) is 12.2 Å². The van der Waals surface area contributed by atoms with Crippen LogP contribution in [0, 0.1) is 0 Å². The molecule has 0 saturated carbocycles. The fourth-order valence-electron chi connectivity index (χ4n) is 3.55. The van der Waals surface area contributed by atoms with Crippen molar-refractivity contribution in [2.24, 2.45) is 10.2 Å². The van der Waals surface area contributed by atoms with Gasteiger partial charge in [0, 0.05) is 22.1 Å². The molecule has 0 aliphatic carbocycles. The summed E-state index contributed by atoms with van der Waals surface area (Å²) in [6.45, 7) is 2.79. The van der Waals surface area contributed by atoms with Crippen LogP contribution >= 0.6 is 15.9 Å². The predicted octanol–water partition coefficient (Wildman–Crippen LogP) is 6.79. The van der Waals surface area contributed by atoms with Crippen LogP contribution in [0.2, 0.25) is 0 Å². The monoisotopic (exact) mass is 478 g/mol. The standard InChI is InChI=1S/C24H23BrN4O2/c1-2-3-12-29-21-11-9-18(25)14-20(21)23(24(29)31)28-27-22(30)15-26-19-10-8-16-6-4-5-7-17(16)13-19/h4-11,13-14,26,31H,2-3,12,15H2,1H3. The van der Waals surface area contributed by atoms with Crippen LogP contribution < -0.4 is 5.32 Å². The van der Waals surface area contributed by atoms with Crippen LogP contribution in [-0.4, -0.2) is 22.1 Å². The van der Waals surface area contributed by atoms with Gasteiger partial charge in [0.25, 0.3) is 5.91 Å². The van der Waals surface area contributed by atoms with Crippen molar-refractivity contribution < 1.29 is 9.90 Å². The molecule has 1 amide bonds. The molecule has 158 valence electrons. The number of rotatable bonds is 7. The van der Waals surface area contributed by atoms with Gasteiger partial charge in [0.15, 0.2) is 5.69 Å². The number of anilines is 1. The number of carbonyl (C=O) groups is 1. The van der Waals surface area contributed by atoms with Gasteiger partial charge in [-0.25, -0.2) is 0 Å². The summed E-state index contributed by atoms with van der Waals surface area (Å²) in [6, 6.07) is 19.7. The van der Waals surface area contributed by atoms with Crippen molar-refractivity contribution in [1.82, 2.24) is 4.57 Å². The zero-order valence-electron chi connectivity index (χ0n) is 17.2. The molecule has 31 heavy (non-hydrogen) atoms. The van der Waals surface area contributed by atoms with E-state index >= 15 is 0 Å². The molecule has 0 radical (unpaired) electrons. The molecule has 1 heterocycles. The molecule has 6 nitrogen and oxygen atoms in total. The highest BCUT2D eigenvalue weighted by Crippen LogP contribution is 2.40. The quantitative estimate of drug-likeness (QED) is 0.287. The van der Waals surface area contributed by atoms with Gasteiger partial charge < -0.3 is 15.0 Å². The maximum absolute atomic E-state index is 12.3. The molecule has 4 rings (SSSR count). The first-order valence-electron chi connectivity index (χ1n) is 10.2. The number of nitrogens with one attached hydrogen (secondary N) is 1. The highest BCUT2D eigenvalue weighted by atomic mass is 79.9. The van der Waals surface area contributed by atoms with Crippen LogP contribution in [0.1, 0.15) is 19.8 Å². The number of halogens is 1. The number of hydrogen-bond acceptors (Lipinski definition) is 4. The molecule has 0 aliphatic rings. The van der Waals surface area contributed by atoms with Crippen LogP contribution in [-0.2, 0) is 11.3 Å². The summed E-state index contributed by atoms with van der Waals surface area (Å²) < 4.78 is 2.69. The third-order valence-electron chi connectivity index (χ3n) is 5.16. The fraction of sp³-hybridized carbons (Fsp3) is 0.208. The Hall–Kier alpha value is -3.19. The number of unbranched alkanes of at least 4 members (excludes halogenated alkanes) is 1.